The van der Waals surface area contributed by atoms with Gasteiger partial charge < -0.3 is 15.4 Å². The first-order valence-corrected chi connectivity index (χ1v) is 13.7. The number of nitrogens with one attached hydrogen (secondary N) is 3. The second kappa shape index (κ2) is 13.9. The molecule has 3 rings (SSSR count). The molecule has 1 heterocycles. The van der Waals surface area contributed by atoms with Gasteiger partial charge in [-0.3, -0.25) is 24.2 Å². The molecule has 11 nitrogen and oxygen atoms in total. The molecule has 0 saturated heterocycles. The summed E-state index contributed by atoms with van der Waals surface area (Å²) >= 11 is 0. The van der Waals surface area contributed by atoms with E-state index in [1.54, 1.807) is 12.1 Å². The normalized spacial score (nSPS) is 10.8. The summed E-state index contributed by atoms with van der Waals surface area (Å²) < 4.78 is 45.1. The molecule has 3 amide bonds. The van der Waals surface area contributed by atoms with E-state index < -0.39 is 33.7 Å². The van der Waals surface area contributed by atoms with Gasteiger partial charge in [0.15, 0.2) is 0 Å². The molecule has 0 bridgehead atoms. The summed E-state index contributed by atoms with van der Waals surface area (Å²) in [4.78, 5) is 52.0. The van der Waals surface area contributed by atoms with Gasteiger partial charge in [0.25, 0.3) is 27.7 Å². The number of hydrogen-bond acceptors (Lipinski definition) is 8. The van der Waals surface area contributed by atoms with E-state index >= 15 is 0 Å². The predicted molar refractivity (Wildman–Crippen MR) is 141 cm³/mol. The van der Waals surface area contributed by atoms with E-state index in [1.807, 2.05) is 11.6 Å². The van der Waals surface area contributed by atoms with Crippen LogP contribution in [-0.4, -0.2) is 56.8 Å². The molecule has 1 aromatic heterocycles. The van der Waals surface area contributed by atoms with E-state index in [2.05, 4.69) is 15.6 Å². The van der Waals surface area contributed by atoms with E-state index in [0.717, 1.165) is 11.8 Å². The summed E-state index contributed by atoms with van der Waals surface area (Å²) in [5.74, 6) is -3.04. The van der Waals surface area contributed by atoms with Crippen LogP contribution in [-0.2, 0) is 26.0 Å². The van der Waals surface area contributed by atoms with Crippen molar-refractivity contribution >= 4 is 33.7 Å². The topological polar surface area (TPSA) is 161 Å². The zero-order valence-corrected chi connectivity index (χ0v) is 22.3. The lowest BCUT2D eigenvalue weighted by Gasteiger charge is -2.09. The SMILES string of the molecule is CCCOC(=O)CNC(=O)c1ccc(C(=O)NS(=O)(=O)c2ccc(C(=O)NCCc3ccc(F)cc3)cc2)cn1. The Bertz CT molecular complexity index is 1460. The lowest BCUT2D eigenvalue weighted by Crippen LogP contribution is -2.32. The Kier molecular flexibility index (Phi) is 10.4. The van der Waals surface area contributed by atoms with Crippen molar-refractivity contribution in [1.82, 2.24) is 20.3 Å². The van der Waals surface area contributed by atoms with Gasteiger partial charge in [-0.15, -0.1) is 0 Å². The standard InChI is InChI=1S/C27H27FN4O7S/c1-2-15-39-24(33)17-31-27(36)23-12-7-20(16-30-23)26(35)32-40(37,38)22-10-5-19(6-11-22)25(34)29-14-13-18-3-8-21(28)9-4-18/h3-12,16H,2,13-15,17H2,1H3,(H,29,34)(H,31,36)(H,32,35). The highest BCUT2D eigenvalue weighted by atomic mass is 32.2. The Morgan fingerprint density at radius 3 is 2.15 bits per heavy atom. The van der Waals surface area contributed by atoms with Crippen molar-refractivity contribution in [2.75, 3.05) is 19.7 Å². The van der Waals surface area contributed by atoms with E-state index in [4.69, 9.17) is 4.74 Å². The Morgan fingerprint density at radius 2 is 1.52 bits per heavy atom. The van der Waals surface area contributed by atoms with E-state index in [1.165, 1.54) is 48.5 Å². The number of pyridine rings is 1. The van der Waals surface area contributed by atoms with Crippen LogP contribution in [0.2, 0.25) is 0 Å². The van der Waals surface area contributed by atoms with Crippen molar-refractivity contribution in [3.63, 3.8) is 0 Å². The van der Waals surface area contributed by atoms with Crippen LogP contribution in [0.4, 0.5) is 4.39 Å². The molecule has 0 aliphatic carbocycles. The minimum Gasteiger partial charge on any atom is -0.464 e. The highest BCUT2D eigenvalue weighted by Gasteiger charge is 2.20. The highest BCUT2D eigenvalue weighted by molar-refractivity contribution is 7.90. The molecule has 0 aliphatic heterocycles. The first kappa shape index (κ1) is 29.9. The lowest BCUT2D eigenvalue weighted by atomic mass is 10.1. The van der Waals surface area contributed by atoms with Crippen LogP contribution >= 0.6 is 0 Å². The first-order valence-electron chi connectivity index (χ1n) is 12.2. The van der Waals surface area contributed by atoms with Crippen LogP contribution in [0.1, 0.15) is 50.1 Å². The van der Waals surface area contributed by atoms with Crippen molar-refractivity contribution in [1.29, 1.82) is 0 Å². The summed E-state index contributed by atoms with van der Waals surface area (Å²) in [5, 5.41) is 5.03. The van der Waals surface area contributed by atoms with E-state index in [9.17, 15) is 32.0 Å². The second-order valence-electron chi connectivity index (χ2n) is 8.43. The third kappa shape index (κ3) is 8.70. The van der Waals surface area contributed by atoms with Crippen molar-refractivity contribution in [3.05, 3.63) is 95.1 Å². The number of halogens is 1. The summed E-state index contributed by atoms with van der Waals surface area (Å²) in [6.45, 7) is 2.01. The van der Waals surface area contributed by atoms with Gasteiger partial charge in [-0.25, -0.2) is 17.5 Å². The molecule has 2 aromatic carbocycles. The van der Waals surface area contributed by atoms with Gasteiger partial charge in [0.1, 0.15) is 18.1 Å². The molecule has 210 valence electrons. The number of carbonyl (C=O) groups is 4. The fourth-order valence-corrected chi connectivity index (χ4v) is 4.25. The average Bonchev–Trinajstić information content (AvgIpc) is 2.95. The molecule has 0 aliphatic rings. The zero-order valence-electron chi connectivity index (χ0n) is 21.5. The maximum Gasteiger partial charge on any atom is 0.325 e. The molecular weight excluding hydrogens is 543 g/mol. The van der Waals surface area contributed by atoms with Gasteiger partial charge in [0.05, 0.1) is 17.1 Å². The number of amides is 3. The average molecular weight is 571 g/mol. The molecule has 0 radical (unpaired) electrons. The number of nitrogens with zero attached hydrogens (tertiary/aromatic N) is 1. The molecule has 0 spiro atoms. The van der Waals surface area contributed by atoms with Crippen LogP contribution in [0.15, 0.2) is 71.8 Å². The number of sulfonamides is 1. The van der Waals surface area contributed by atoms with Crippen LogP contribution < -0.4 is 15.4 Å². The fourth-order valence-electron chi connectivity index (χ4n) is 3.27. The third-order valence-electron chi connectivity index (χ3n) is 5.39. The van der Waals surface area contributed by atoms with Crippen molar-refractivity contribution in [2.45, 2.75) is 24.7 Å². The largest absolute Gasteiger partial charge is 0.464 e. The molecule has 40 heavy (non-hydrogen) atoms. The molecule has 0 unspecified atom stereocenters. The number of aromatic nitrogens is 1. The Morgan fingerprint density at radius 1 is 0.850 bits per heavy atom. The number of esters is 1. The Labute approximate surface area is 230 Å². The van der Waals surface area contributed by atoms with Gasteiger partial charge in [-0.05, 0) is 66.9 Å². The third-order valence-corrected chi connectivity index (χ3v) is 6.73. The monoisotopic (exact) mass is 570 g/mol. The van der Waals surface area contributed by atoms with Gasteiger partial charge in [-0.1, -0.05) is 19.1 Å². The quantitative estimate of drug-likeness (QED) is 0.279. The van der Waals surface area contributed by atoms with Crippen molar-refractivity contribution in [3.8, 4) is 0 Å². The summed E-state index contributed by atoms with van der Waals surface area (Å²) in [7, 11) is -4.28. The molecule has 0 saturated carbocycles. The smallest absolute Gasteiger partial charge is 0.325 e. The Balaban J connectivity index is 1.52. The molecule has 3 N–H and O–H groups in total. The van der Waals surface area contributed by atoms with Crippen LogP contribution in [0.25, 0.3) is 0 Å². The minimum absolute atomic E-state index is 0.0887. The lowest BCUT2D eigenvalue weighted by molar-refractivity contribution is -0.142. The molecule has 13 heteroatoms. The zero-order chi connectivity index (χ0) is 29.1. The fraction of sp³-hybridized carbons (Fsp3) is 0.222. The van der Waals surface area contributed by atoms with E-state index in [0.29, 0.717) is 19.4 Å². The number of hydrogen-bond donors (Lipinski definition) is 3. The summed E-state index contributed by atoms with van der Waals surface area (Å²) in [5.41, 5.74) is 0.839. The number of carbonyl (C=O) groups excluding carboxylic acids is 4. The maximum absolute atomic E-state index is 13.0. The van der Waals surface area contributed by atoms with Crippen molar-refractivity contribution in [2.24, 2.45) is 0 Å². The predicted octanol–water partition coefficient (Wildman–Crippen LogP) is 1.99. The highest BCUT2D eigenvalue weighted by Crippen LogP contribution is 2.12. The first-order chi connectivity index (χ1) is 19.1. The number of ether oxygens (including phenoxy) is 1. The van der Waals surface area contributed by atoms with Gasteiger partial charge in [0.2, 0.25) is 0 Å². The molecule has 0 atom stereocenters. The van der Waals surface area contributed by atoms with E-state index in [-0.39, 0.29) is 40.7 Å². The van der Waals surface area contributed by atoms with Gasteiger partial charge in [-0.2, -0.15) is 0 Å². The summed E-state index contributed by atoms with van der Waals surface area (Å²) in [6, 6.07) is 13.3. The minimum atomic E-state index is -4.28. The Hall–Kier alpha value is -4.65. The van der Waals surface area contributed by atoms with Gasteiger partial charge in [0, 0.05) is 18.3 Å². The molecule has 3 aromatic rings. The van der Waals surface area contributed by atoms with Crippen LogP contribution in [0, 0.1) is 5.82 Å². The van der Waals surface area contributed by atoms with Crippen molar-refractivity contribution < 1.29 is 36.7 Å². The number of rotatable bonds is 12. The number of benzene rings is 2. The molecule has 0 fully saturated rings. The second-order valence-corrected chi connectivity index (χ2v) is 10.1. The van der Waals surface area contributed by atoms with Gasteiger partial charge >= 0.3 is 5.97 Å². The molecular formula is C27H27FN4O7S. The van der Waals surface area contributed by atoms with Crippen LogP contribution in [0.5, 0.6) is 0 Å². The van der Waals surface area contributed by atoms with Crippen LogP contribution in [0.3, 0.4) is 0 Å². The maximum atomic E-state index is 13.0. The summed E-state index contributed by atoms with van der Waals surface area (Å²) in [6.07, 6.45) is 2.15.